The SMILES string of the molecule is COc1cccc(-n2c(CCC(=O)O)ccc2-c2ccc(F)cc2)c1. The van der Waals surface area contributed by atoms with Crippen LogP contribution in [-0.4, -0.2) is 22.8 Å². The van der Waals surface area contributed by atoms with E-state index < -0.39 is 5.97 Å². The van der Waals surface area contributed by atoms with E-state index in [2.05, 4.69) is 0 Å². The standard InChI is InChI=1S/C20H18FNO3/c1-25-18-4-2-3-17(13-18)22-16(10-12-20(23)24)9-11-19(22)14-5-7-15(21)8-6-14/h2-9,11,13H,10,12H2,1H3,(H,23,24). The summed E-state index contributed by atoms with van der Waals surface area (Å²) in [7, 11) is 1.60. The number of aliphatic carboxylic acids is 1. The quantitative estimate of drug-likeness (QED) is 0.728. The van der Waals surface area contributed by atoms with Crippen LogP contribution in [0.2, 0.25) is 0 Å². The Morgan fingerprint density at radius 1 is 1.12 bits per heavy atom. The lowest BCUT2D eigenvalue weighted by atomic mass is 10.1. The van der Waals surface area contributed by atoms with Gasteiger partial charge in [0, 0.05) is 17.4 Å². The third kappa shape index (κ3) is 3.71. The van der Waals surface area contributed by atoms with Gasteiger partial charge in [0.15, 0.2) is 0 Å². The van der Waals surface area contributed by atoms with Gasteiger partial charge in [0.2, 0.25) is 0 Å². The molecule has 0 amide bonds. The summed E-state index contributed by atoms with van der Waals surface area (Å²) in [4.78, 5) is 11.0. The number of methoxy groups -OCH3 is 1. The summed E-state index contributed by atoms with van der Waals surface area (Å²) in [5, 5.41) is 9.00. The molecule has 0 unspecified atom stereocenters. The number of rotatable bonds is 6. The van der Waals surface area contributed by atoms with E-state index in [0.29, 0.717) is 12.2 Å². The molecule has 0 fully saturated rings. The summed E-state index contributed by atoms with van der Waals surface area (Å²) in [6.07, 6.45) is 0.435. The Morgan fingerprint density at radius 2 is 1.88 bits per heavy atom. The molecule has 3 rings (SSSR count). The number of hydrogen-bond donors (Lipinski definition) is 1. The van der Waals surface area contributed by atoms with Crippen LogP contribution in [0.15, 0.2) is 60.7 Å². The topological polar surface area (TPSA) is 51.5 Å². The van der Waals surface area contributed by atoms with E-state index in [-0.39, 0.29) is 12.2 Å². The fourth-order valence-corrected chi connectivity index (χ4v) is 2.81. The van der Waals surface area contributed by atoms with Crippen molar-refractivity contribution >= 4 is 5.97 Å². The molecule has 0 aliphatic carbocycles. The maximum atomic E-state index is 13.3. The van der Waals surface area contributed by atoms with Gasteiger partial charge < -0.3 is 14.4 Å². The molecule has 128 valence electrons. The number of benzene rings is 2. The number of carbonyl (C=O) groups is 1. The van der Waals surface area contributed by atoms with Gasteiger partial charge in [-0.15, -0.1) is 0 Å². The number of carboxylic acid groups (broad SMARTS) is 1. The van der Waals surface area contributed by atoms with Crippen LogP contribution in [0.5, 0.6) is 5.75 Å². The highest BCUT2D eigenvalue weighted by atomic mass is 19.1. The molecule has 5 heteroatoms. The van der Waals surface area contributed by atoms with Crippen LogP contribution in [0.4, 0.5) is 4.39 Å². The molecule has 4 nitrogen and oxygen atoms in total. The van der Waals surface area contributed by atoms with Gasteiger partial charge in [0.1, 0.15) is 11.6 Å². The van der Waals surface area contributed by atoms with Gasteiger partial charge in [0.05, 0.1) is 19.2 Å². The lowest BCUT2D eigenvalue weighted by Gasteiger charge is -2.15. The molecule has 1 N–H and O–H groups in total. The minimum atomic E-state index is -0.846. The third-order valence-corrected chi connectivity index (χ3v) is 4.01. The number of ether oxygens (including phenoxy) is 1. The lowest BCUT2D eigenvalue weighted by molar-refractivity contribution is -0.136. The van der Waals surface area contributed by atoms with Crippen molar-refractivity contribution in [3.8, 4) is 22.7 Å². The van der Waals surface area contributed by atoms with E-state index in [1.54, 1.807) is 19.2 Å². The summed E-state index contributed by atoms with van der Waals surface area (Å²) in [5.41, 5.74) is 3.46. The highest BCUT2D eigenvalue weighted by Gasteiger charge is 2.14. The zero-order chi connectivity index (χ0) is 17.8. The van der Waals surface area contributed by atoms with Crippen molar-refractivity contribution in [1.29, 1.82) is 0 Å². The molecule has 1 aromatic heterocycles. The van der Waals surface area contributed by atoms with Gasteiger partial charge in [-0.25, -0.2) is 4.39 Å². The van der Waals surface area contributed by atoms with Crippen LogP contribution in [0.25, 0.3) is 16.9 Å². The molecule has 0 spiro atoms. The highest BCUT2D eigenvalue weighted by molar-refractivity contribution is 5.68. The Kier molecular flexibility index (Phi) is 4.84. The maximum Gasteiger partial charge on any atom is 0.303 e. The summed E-state index contributed by atoms with van der Waals surface area (Å²) in [6, 6.07) is 17.6. The second-order valence-electron chi connectivity index (χ2n) is 5.65. The van der Waals surface area contributed by atoms with Crippen molar-refractivity contribution in [3.05, 3.63) is 72.2 Å². The summed E-state index contributed by atoms with van der Waals surface area (Å²) >= 11 is 0. The predicted octanol–water partition coefficient (Wildman–Crippen LogP) is 4.31. The molecule has 2 aromatic carbocycles. The summed E-state index contributed by atoms with van der Waals surface area (Å²) in [6.45, 7) is 0. The van der Waals surface area contributed by atoms with Crippen LogP contribution in [0.3, 0.4) is 0 Å². The zero-order valence-electron chi connectivity index (χ0n) is 13.8. The van der Waals surface area contributed by atoms with Gasteiger partial charge in [-0.1, -0.05) is 6.07 Å². The van der Waals surface area contributed by atoms with Crippen LogP contribution < -0.4 is 4.74 Å². The first kappa shape index (κ1) is 16.8. The van der Waals surface area contributed by atoms with E-state index in [1.807, 2.05) is 41.0 Å². The van der Waals surface area contributed by atoms with Crippen molar-refractivity contribution in [2.75, 3.05) is 7.11 Å². The molecule has 0 aliphatic rings. The first-order valence-electron chi connectivity index (χ1n) is 7.91. The fraction of sp³-hybridized carbons (Fsp3) is 0.150. The normalized spacial score (nSPS) is 10.6. The molecule has 0 atom stereocenters. The molecule has 0 bridgehead atoms. The minimum absolute atomic E-state index is 0.0385. The first-order valence-corrected chi connectivity index (χ1v) is 7.91. The number of aromatic nitrogens is 1. The average Bonchev–Trinajstić information content (AvgIpc) is 3.04. The first-order chi connectivity index (χ1) is 12.1. The second-order valence-corrected chi connectivity index (χ2v) is 5.65. The molecule has 0 radical (unpaired) electrons. The van der Waals surface area contributed by atoms with Crippen molar-refractivity contribution in [2.24, 2.45) is 0 Å². The molecule has 0 saturated heterocycles. The van der Waals surface area contributed by atoms with Crippen molar-refractivity contribution in [1.82, 2.24) is 4.57 Å². The number of hydrogen-bond acceptors (Lipinski definition) is 2. The second kappa shape index (κ2) is 7.21. The van der Waals surface area contributed by atoms with Crippen LogP contribution in [-0.2, 0) is 11.2 Å². The van der Waals surface area contributed by atoms with Gasteiger partial charge in [-0.2, -0.15) is 0 Å². The van der Waals surface area contributed by atoms with Crippen LogP contribution in [0.1, 0.15) is 12.1 Å². The van der Waals surface area contributed by atoms with E-state index >= 15 is 0 Å². The molecule has 3 aromatic rings. The average molecular weight is 339 g/mol. The molecule has 0 aliphatic heterocycles. The van der Waals surface area contributed by atoms with E-state index in [4.69, 9.17) is 9.84 Å². The van der Waals surface area contributed by atoms with Crippen LogP contribution >= 0.6 is 0 Å². The summed E-state index contributed by atoms with van der Waals surface area (Å²) < 4.78 is 20.5. The Morgan fingerprint density at radius 3 is 2.56 bits per heavy atom. The summed E-state index contributed by atoms with van der Waals surface area (Å²) in [5.74, 6) is -0.434. The molecule has 25 heavy (non-hydrogen) atoms. The largest absolute Gasteiger partial charge is 0.497 e. The fourth-order valence-electron chi connectivity index (χ4n) is 2.81. The van der Waals surface area contributed by atoms with Gasteiger partial charge in [0.25, 0.3) is 0 Å². The van der Waals surface area contributed by atoms with Crippen LogP contribution in [0, 0.1) is 5.82 Å². The Hall–Kier alpha value is -3.08. The highest BCUT2D eigenvalue weighted by Crippen LogP contribution is 2.29. The lowest BCUT2D eigenvalue weighted by Crippen LogP contribution is -2.05. The Bertz CT molecular complexity index is 884. The number of aryl methyl sites for hydroxylation is 1. The molecule has 0 saturated carbocycles. The Labute approximate surface area is 145 Å². The van der Waals surface area contributed by atoms with Gasteiger partial charge in [-0.05, 0) is 60.5 Å². The van der Waals surface area contributed by atoms with Crippen molar-refractivity contribution in [3.63, 3.8) is 0 Å². The number of halogens is 1. The molecular formula is C20H18FNO3. The van der Waals surface area contributed by atoms with Crippen molar-refractivity contribution in [2.45, 2.75) is 12.8 Å². The smallest absolute Gasteiger partial charge is 0.303 e. The minimum Gasteiger partial charge on any atom is -0.497 e. The third-order valence-electron chi connectivity index (χ3n) is 4.01. The molecule has 1 heterocycles. The van der Waals surface area contributed by atoms with Crippen molar-refractivity contribution < 1.29 is 19.0 Å². The van der Waals surface area contributed by atoms with E-state index in [1.165, 1.54) is 12.1 Å². The van der Waals surface area contributed by atoms with E-state index in [0.717, 1.165) is 22.6 Å². The number of nitrogens with zero attached hydrogens (tertiary/aromatic N) is 1. The maximum absolute atomic E-state index is 13.3. The monoisotopic (exact) mass is 339 g/mol. The van der Waals surface area contributed by atoms with E-state index in [9.17, 15) is 9.18 Å². The number of carboxylic acids is 1. The zero-order valence-corrected chi connectivity index (χ0v) is 13.8. The molecular weight excluding hydrogens is 321 g/mol. The predicted molar refractivity (Wildman–Crippen MR) is 93.7 cm³/mol. The Balaban J connectivity index is 2.11. The van der Waals surface area contributed by atoms with Gasteiger partial charge in [-0.3, -0.25) is 4.79 Å². The van der Waals surface area contributed by atoms with Gasteiger partial charge >= 0.3 is 5.97 Å².